The molecule has 1 N–H and O–H groups in total. The number of carboxylic acid groups (broad SMARTS) is 1. The molecule has 0 aromatic heterocycles. The van der Waals surface area contributed by atoms with Crippen molar-refractivity contribution in [1.29, 1.82) is 0 Å². The molecule has 0 aliphatic heterocycles. The van der Waals surface area contributed by atoms with Gasteiger partial charge in [-0.3, -0.25) is 9.59 Å². The van der Waals surface area contributed by atoms with Gasteiger partial charge in [0.15, 0.2) is 0 Å². The van der Waals surface area contributed by atoms with Crippen LogP contribution in [0.25, 0.3) is 0 Å². The summed E-state index contributed by atoms with van der Waals surface area (Å²) in [5, 5.41) is 8.85. The Morgan fingerprint density at radius 1 is 1.27 bits per heavy atom. The fourth-order valence-corrected chi connectivity index (χ4v) is 2.29. The summed E-state index contributed by atoms with van der Waals surface area (Å²) >= 11 is 0. The molecule has 1 rings (SSSR count). The minimum atomic E-state index is -0.893. The van der Waals surface area contributed by atoms with Gasteiger partial charge in [0.05, 0.1) is 19.4 Å². The summed E-state index contributed by atoms with van der Waals surface area (Å²) < 4.78 is 5.19. The number of benzene rings is 1. The van der Waals surface area contributed by atoms with Gasteiger partial charge in [-0.2, -0.15) is 0 Å². The van der Waals surface area contributed by atoms with E-state index in [2.05, 4.69) is 0 Å². The van der Waals surface area contributed by atoms with Crippen molar-refractivity contribution < 1.29 is 19.4 Å². The molecular weight excluding hydrogens is 282 g/mol. The zero-order chi connectivity index (χ0) is 16.7. The van der Waals surface area contributed by atoms with Crippen LogP contribution in [0.1, 0.15) is 38.7 Å². The Morgan fingerprint density at radius 3 is 2.50 bits per heavy atom. The molecule has 1 amide bonds. The second kappa shape index (κ2) is 8.41. The summed E-state index contributed by atoms with van der Waals surface area (Å²) in [7, 11) is 1.59. The summed E-state index contributed by atoms with van der Waals surface area (Å²) in [4.78, 5) is 25.1. The second-order valence-corrected chi connectivity index (χ2v) is 5.82. The van der Waals surface area contributed by atoms with Gasteiger partial charge in [0.25, 0.3) is 0 Å². The molecule has 0 heterocycles. The highest BCUT2D eigenvalue weighted by molar-refractivity contribution is 5.84. The van der Waals surface area contributed by atoms with Crippen molar-refractivity contribution in [1.82, 2.24) is 4.90 Å². The van der Waals surface area contributed by atoms with Gasteiger partial charge in [-0.25, -0.2) is 0 Å². The van der Waals surface area contributed by atoms with E-state index < -0.39 is 5.97 Å². The van der Waals surface area contributed by atoms with E-state index in [0.29, 0.717) is 12.3 Å². The van der Waals surface area contributed by atoms with Crippen molar-refractivity contribution in [3.8, 4) is 5.75 Å². The topological polar surface area (TPSA) is 66.8 Å². The van der Waals surface area contributed by atoms with Crippen LogP contribution in [0.15, 0.2) is 24.3 Å². The van der Waals surface area contributed by atoms with Crippen LogP contribution in [0.5, 0.6) is 5.75 Å². The predicted molar refractivity (Wildman–Crippen MR) is 85.1 cm³/mol. The van der Waals surface area contributed by atoms with Crippen LogP contribution < -0.4 is 4.74 Å². The molecule has 5 nitrogen and oxygen atoms in total. The van der Waals surface area contributed by atoms with Crippen LogP contribution in [0, 0.1) is 5.92 Å². The van der Waals surface area contributed by atoms with Crippen molar-refractivity contribution in [2.45, 2.75) is 33.1 Å². The third-order valence-corrected chi connectivity index (χ3v) is 3.46. The number of amides is 1. The number of hydrogen-bond acceptors (Lipinski definition) is 3. The van der Waals surface area contributed by atoms with Crippen LogP contribution in [0.2, 0.25) is 0 Å². The molecule has 0 saturated heterocycles. The highest BCUT2D eigenvalue weighted by Crippen LogP contribution is 2.23. The van der Waals surface area contributed by atoms with Crippen LogP contribution in [0.4, 0.5) is 0 Å². The molecule has 0 aliphatic carbocycles. The van der Waals surface area contributed by atoms with Crippen LogP contribution >= 0.6 is 0 Å². The summed E-state index contributed by atoms with van der Waals surface area (Å²) in [5.74, 6) is -0.283. The van der Waals surface area contributed by atoms with E-state index in [4.69, 9.17) is 9.84 Å². The van der Waals surface area contributed by atoms with Gasteiger partial charge in [0.2, 0.25) is 5.91 Å². The van der Waals surface area contributed by atoms with Gasteiger partial charge in [0.1, 0.15) is 5.75 Å². The number of carbonyl (C=O) groups excluding carboxylic acids is 1. The molecule has 22 heavy (non-hydrogen) atoms. The molecule has 1 unspecified atom stereocenters. The second-order valence-electron chi connectivity index (χ2n) is 5.82. The number of methoxy groups -OCH3 is 1. The average molecular weight is 307 g/mol. The highest BCUT2D eigenvalue weighted by Gasteiger charge is 2.23. The number of hydrogen-bond donors (Lipinski definition) is 1. The number of aliphatic carboxylic acids is 1. The number of rotatable bonds is 8. The lowest BCUT2D eigenvalue weighted by Gasteiger charge is -2.27. The zero-order valence-corrected chi connectivity index (χ0v) is 13.7. The predicted octanol–water partition coefficient (Wildman–Crippen LogP) is 2.76. The Labute approximate surface area is 131 Å². The third-order valence-electron chi connectivity index (χ3n) is 3.46. The number of ether oxygens (including phenoxy) is 1. The van der Waals surface area contributed by atoms with E-state index in [1.165, 1.54) is 0 Å². The number of carbonyl (C=O) groups is 2. The molecule has 0 aliphatic rings. The Bertz CT molecular complexity index is 513. The monoisotopic (exact) mass is 307 g/mol. The summed E-state index contributed by atoms with van der Waals surface area (Å²) in [5.41, 5.74) is 0.869. The van der Waals surface area contributed by atoms with E-state index in [-0.39, 0.29) is 30.7 Å². The van der Waals surface area contributed by atoms with Crippen molar-refractivity contribution in [3.05, 3.63) is 29.8 Å². The fourth-order valence-electron chi connectivity index (χ4n) is 2.29. The van der Waals surface area contributed by atoms with Gasteiger partial charge in [-0.05, 0) is 30.5 Å². The molecular formula is C17H25NO4. The first-order valence-electron chi connectivity index (χ1n) is 7.49. The van der Waals surface area contributed by atoms with E-state index in [0.717, 1.165) is 5.56 Å². The largest absolute Gasteiger partial charge is 0.497 e. The van der Waals surface area contributed by atoms with E-state index in [1.54, 1.807) is 12.0 Å². The molecule has 1 atom stereocenters. The molecule has 122 valence electrons. The average Bonchev–Trinajstić information content (AvgIpc) is 2.49. The Hall–Kier alpha value is -2.04. The lowest BCUT2D eigenvalue weighted by atomic mass is 9.98. The van der Waals surface area contributed by atoms with E-state index >= 15 is 0 Å². The fraction of sp³-hybridized carbons (Fsp3) is 0.529. The summed E-state index contributed by atoms with van der Waals surface area (Å²) in [6, 6.07) is 7.40. The molecule has 0 fully saturated rings. The third kappa shape index (κ3) is 5.39. The van der Waals surface area contributed by atoms with Crippen molar-refractivity contribution in [2.24, 2.45) is 5.92 Å². The van der Waals surface area contributed by atoms with Crippen LogP contribution in [0.3, 0.4) is 0 Å². The Kier molecular flexibility index (Phi) is 6.89. The van der Waals surface area contributed by atoms with Crippen molar-refractivity contribution in [3.63, 3.8) is 0 Å². The first-order valence-corrected chi connectivity index (χ1v) is 7.49. The first-order chi connectivity index (χ1) is 10.3. The summed E-state index contributed by atoms with van der Waals surface area (Å²) in [6.07, 6.45) is -0.0384. The van der Waals surface area contributed by atoms with Crippen LogP contribution in [-0.2, 0) is 9.59 Å². The maximum atomic E-state index is 12.7. The number of carboxylic acids is 1. The Balaban J connectivity index is 2.87. The maximum absolute atomic E-state index is 12.7. The molecule has 0 saturated carbocycles. The zero-order valence-electron chi connectivity index (χ0n) is 13.7. The van der Waals surface area contributed by atoms with E-state index in [1.807, 2.05) is 45.0 Å². The van der Waals surface area contributed by atoms with Gasteiger partial charge >= 0.3 is 5.97 Å². The highest BCUT2D eigenvalue weighted by atomic mass is 16.5. The van der Waals surface area contributed by atoms with Gasteiger partial charge in [-0.15, -0.1) is 0 Å². The molecule has 5 heteroatoms. The standard InChI is InChI=1S/C17H25NO4/c1-12(2)11-18(9-8-16(19)20)17(21)13(3)14-6-5-7-15(10-14)22-4/h5-7,10,12-13H,8-9,11H2,1-4H3,(H,19,20). The van der Waals surface area contributed by atoms with Gasteiger partial charge in [0, 0.05) is 13.1 Å². The lowest BCUT2D eigenvalue weighted by molar-refractivity contribution is -0.139. The quantitative estimate of drug-likeness (QED) is 0.802. The molecule has 0 spiro atoms. The van der Waals surface area contributed by atoms with Gasteiger partial charge < -0.3 is 14.7 Å². The van der Waals surface area contributed by atoms with Gasteiger partial charge in [-0.1, -0.05) is 26.0 Å². The van der Waals surface area contributed by atoms with E-state index in [9.17, 15) is 9.59 Å². The lowest BCUT2D eigenvalue weighted by Crippen LogP contribution is -2.38. The number of nitrogens with zero attached hydrogens (tertiary/aromatic N) is 1. The SMILES string of the molecule is COc1cccc(C(C)C(=O)N(CCC(=O)O)CC(C)C)c1. The minimum absolute atomic E-state index is 0.0384. The van der Waals surface area contributed by atoms with Crippen LogP contribution in [-0.4, -0.2) is 42.1 Å². The van der Waals surface area contributed by atoms with Crippen molar-refractivity contribution in [2.75, 3.05) is 20.2 Å². The molecule has 1 aromatic carbocycles. The van der Waals surface area contributed by atoms with Crippen molar-refractivity contribution >= 4 is 11.9 Å². The molecule has 0 bridgehead atoms. The molecule has 1 aromatic rings. The Morgan fingerprint density at radius 2 is 1.95 bits per heavy atom. The maximum Gasteiger partial charge on any atom is 0.305 e. The minimum Gasteiger partial charge on any atom is -0.497 e. The summed E-state index contributed by atoms with van der Waals surface area (Å²) in [6.45, 7) is 6.65. The normalized spacial score (nSPS) is 12.0. The first kappa shape index (κ1) is 18.0. The smallest absolute Gasteiger partial charge is 0.305 e. The molecule has 0 radical (unpaired) electrons.